The normalized spacial score (nSPS) is 10.8. The van der Waals surface area contributed by atoms with Crippen molar-refractivity contribution in [1.82, 2.24) is 29.7 Å². The highest BCUT2D eigenvalue weighted by Gasteiger charge is 2.15. The highest BCUT2D eigenvalue weighted by atomic mass is 32.2. The van der Waals surface area contributed by atoms with Gasteiger partial charge in [0.2, 0.25) is 11.9 Å². The van der Waals surface area contributed by atoms with E-state index in [-0.39, 0.29) is 5.95 Å². The topological polar surface area (TPSA) is 107 Å². The summed E-state index contributed by atoms with van der Waals surface area (Å²) in [4.78, 5) is 13.0. The van der Waals surface area contributed by atoms with E-state index >= 15 is 0 Å². The molecule has 0 aliphatic carbocycles. The minimum Gasteiger partial charge on any atom is -0.368 e. The van der Waals surface area contributed by atoms with Gasteiger partial charge in [-0.3, -0.25) is 4.57 Å². The lowest BCUT2D eigenvalue weighted by Crippen LogP contribution is -2.07. The Morgan fingerprint density at radius 1 is 1.06 bits per heavy atom. The molecule has 0 saturated heterocycles. The van der Waals surface area contributed by atoms with Gasteiger partial charge in [0.15, 0.2) is 11.0 Å². The van der Waals surface area contributed by atoms with Crippen LogP contribution in [0, 0.1) is 13.8 Å². The highest BCUT2D eigenvalue weighted by Crippen LogP contribution is 2.27. The Hall–Kier alpha value is -3.72. The van der Waals surface area contributed by atoms with E-state index in [9.17, 15) is 0 Å². The molecule has 0 unspecified atom stereocenters. The number of aryl methyl sites for hydroxylation is 2. The Balaban J connectivity index is 1.55. The molecular weight excluding hydrogens is 420 g/mol. The molecule has 0 saturated carbocycles. The van der Waals surface area contributed by atoms with Gasteiger partial charge in [0.1, 0.15) is 5.82 Å². The quantitative estimate of drug-likeness (QED) is 0.301. The second-order valence-corrected chi connectivity index (χ2v) is 8.18. The Morgan fingerprint density at radius 3 is 2.69 bits per heavy atom. The van der Waals surface area contributed by atoms with Crippen LogP contribution in [-0.4, -0.2) is 29.7 Å². The summed E-state index contributed by atoms with van der Waals surface area (Å²) in [5.41, 5.74) is 10.1. The van der Waals surface area contributed by atoms with Gasteiger partial charge in [-0.1, -0.05) is 59.8 Å². The van der Waals surface area contributed by atoms with Crippen molar-refractivity contribution in [1.29, 1.82) is 0 Å². The molecule has 0 radical (unpaired) electrons. The zero-order valence-electron chi connectivity index (χ0n) is 18.0. The number of hydrogen-bond acceptors (Lipinski definition) is 8. The van der Waals surface area contributed by atoms with Crippen LogP contribution in [0.5, 0.6) is 0 Å². The molecule has 3 N–H and O–H groups in total. The van der Waals surface area contributed by atoms with E-state index < -0.39 is 0 Å². The minimum atomic E-state index is 0.166. The first-order chi connectivity index (χ1) is 15.5. The molecular formula is C23H24N8S. The smallest absolute Gasteiger partial charge is 0.232 e. The highest BCUT2D eigenvalue weighted by molar-refractivity contribution is 7.98. The molecule has 0 fully saturated rings. The monoisotopic (exact) mass is 444 g/mol. The number of anilines is 3. The van der Waals surface area contributed by atoms with Crippen molar-refractivity contribution in [3.8, 4) is 11.4 Å². The fraction of sp³-hybridized carbons (Fsp3) is 0.174. The fourth-order valence-electron chi connectivity index (χ4n) is 3.21. The molecule has 0 atom stereocenters. The van der Waals surface area contributed by atoms with Crippen molar-refractivity contribution in [3.05, 3.63) is 78.1 Å². The molecule has 2 aromatic carbocycles. The first kappa shape index (κ1) is 21.5. The van der Waals surface area contributed by atoms with Crippen LogP contribution in [0.2, 0.25) is 0 Å². The van der Waals surface area contributed by atoms with Crippen molar-refractivity contribution in [3.63, 3.8) is 0 Å². The number of thioether (sulfide) groups is 1. The predicted octanol–water partition coefficient (Wildman–Crippen LogP) is 4.55. The Morgan fingerprint density at radius 2 is 1.91 bits per heavy atom. The van der Waals surface area contributed by atoms with Gasteiger partial charge >= 0.3 is 0 Å². The van der Waals surface area contributed by atoms with Gasteiger partial charge < -0.3 is 11.1 Å². The summed E-state index contributed by atoms with van der Waals surface area (Å²) in [6, 6.07) is 16.1. The molecule has 162 valence electrons. The second-order valence-electron chi connectivity index (χ2n) is 7.24. The number of nitrogens with zero attached hydrogens (tertiary/aromatic N) is 6. The van der Waals surface area contributed by atoms with Crippen LogP contribution in [0.1, 0.15) is 17.0 Å². The molecule has 32 heavy (non-hydrogen) atoms. The molecule has 0 amide bonds. The van der Waals surface area contributed by atoms with Crippen molar-refractivity contribution in [2.24, 2.45) is 0 Å². The summed E-state index contributed by atoms with van der Waals surface area (Å²) in [7, 11) is 0. The Kier molecular flexibility index (Phi) is 6.46. The molecule has 9 heteroatoms. The van der Waals surface area contributed by atoms with E-state index in [1.54, 1.807) is 0 Å². The van der Waals surface area contributed by atoms with Gasteiger partial charge in [-0.25, -0.2) is 0 Å². The van der Waals surface area contributed by atoms with Crippen LogP contribution in [0.25, 0.3) is 11.4 Å². The van der Waals surface area contributed by atoms with Crippen molar-refractivity contribution in [2.45, 2.75) is 31.3 Å². The summed E-state index contributed by atoms with van der Waals surface area (Å²) in [5.74, 6) is 2.41. The zero-order valence-corrected chi connectivity index (χ0v) is 18.8. The lowest BCUT2D eigenvalue weighted by Gasteiger charge is -2.10. The molecule has 0 aliphatic rings. The Bertz CT molecular complexity index is 1250. The number of rotatable bonds is 8. The van der Waals surface area contributed by atoms with Crippen LogP contribution in [0.3, 0.4) is 0 Å². The number of hydrogen-bond donors (Lipinski definition) is 2. The molecule has 0 spiro atoms. The summed E-state index contributed by atoms with van der Waals surface area (Å²) in [6.45, 7) is 8.54. The number of nitrogen functional groups attached to an aromatic ring is 1. The summed E-state index contributed by atoms with van der Waals surface area (Å²) >= 11 is 1.49. The van der Waals surface area contributed by atoms with Crippen molar-refractivity contribution >= 4 is 29.3 Å². The van der Waals surface area contributed by atoms with Gasteiger partial charge in [0.25, 0.3) is 0 Å². The maximum Gasteiger partial charge on any atom is 0.232 e. The SMILES string of the molecule is C=CCn1c(SCc2nc(N)nc(Nc3ccccc3C)n2)nnc1-c1cccc(C)c1. The minimum absolute atomic E-state index is 0.166. The number of allylic oxidation sites excluding steroid dienone is 1. The van der Waals surface area contributed by atoms with Gasteiger partial charge in [-0.2, -0.15) is 15.0 Å². The third-order valence-corrected chi connectivity index (χ3v) is 5.69. The van der Waals surface area contributed by atoms with Crippen LogP contribution < -0.4 is 11.1 Å². The third kappa shape index (κ3) is 4.94. The van der Waals surface area contributed by atoms with E-state index in [2.05, 4.69) is 56.1 Å². The molecule has 0 aliphatic heterocycles. The summed E-state index contributed by atoms with van der Waals surface area (Å²) in [5, 5.41) is 12.8. The van der Waals surface area contributed by atoms with Crippen LogP contribution >= 0.6 is 11.8 Å². The number of nitrogens with two attached hydrogens (primary N) is 1. The first-order valence-corrected chi connectivity index (χ1v) is 11.1. The van der Waals surface area contributed by atoms with Gasteiger partial charge in [0, 0.05) is 17.8 Å². The van der Waals surface area contributed by atoms with Gasteiger partial charge in [0.05, 0.1) is 5.75 Å². The molecule has 2 aromatic heterocycles. The maximum atomic E-state index is 5.93. The summed E-state index contributed by atoms with van der Waals surface area (Å²) < 4.78 is 2.03. The zero-order chi connectivity index (χ0) is 22.5. The first-order valence-electron chi connectivity index (χ1n) is 10.1. The van der Waals surface area contributed by atoms with Crippen molar-refractivity contribution < 1.29 is 0 Å². The average molecular weight is 445 g/mol. The van der Waals surface area contributed by atoms with E-state index in [1.165, 1.54) is 17.3 Å². The third-order valence-electron chi connectivity index (χ3n) is 4.73. The van der Waals surface area contributed by atoms with Crippen molar-refractivity contribution in [2.75, 3.05) is 11.1 Å². The lowest BCUT2D eigenvalue weighted by molar-refractivity contribution is 0.730. The maximum absolute atomic E-state index is 5.93. The number of aromatic nitrogens is 6. The number of benzene rings is 2. The largest absolute Gasteiger partial charge is 0.368 e. The summed E-state index contributed by atoms with van der Waals surface area (Å²) in [6.07, 6.45) is 1.83. The molecule has 0 bridgehead atoms. The molecule has 2 heterocycles. The molecule has 4 rings (SSSR count). The Labute approximate surface area is 191 Å². The van der Waals surface area contributed by atoms with Crippen LogP contribution in [-0.2, 0) is 12.3 Å². The van der Waals surface area contributed by atoms with Crippen LogP contribution in [0.4, 0.5) is 17.6 Å². The van der Waals surface area contributed by atoms with E-state index in [4.69, 9.17) is 5.73 Å². The van der Waals surface area contributed by atoms with E-state index in [0.717, 1.165) is 27.8 Å². The van der Waals surface area contributed by atoms with Crippen LogP contribution in [0.15, 0.2) is 66.3 Å². The number of para-hydroxylation sites is 1. The average Bonchev–Trinajstić information content (AvgIpc) is 3.16. The fourth-order valence-corrected chi connectivity index (χ4v) is 4.01. The van der Waals surface area contributed by atoms with Gasteiger partial charge in [-0.05, 0) is 31.5 Å². The lowest BCUT2D eigenvalue weighted by atomic mass is 10.1. The number of nitrogens with one attached hydrogen (secondary N) is 1. The standard InChI is InChI=1S/C23H24N8S/c1-4-12-31-20(17-10-7-8-15(2)13-17)29-30-23(31)32-14-19-26-21(24)28-22(27-19)25-18-11-6-5-9-16(18)3/h4-11,13H,1,12,14H2,2-3H3,(H3,24,25,26,27,28). The predicted molar refractivity (Wildman–Crippen MR) is 129 cm³/mol. The second kappa shape index (κ2) is 9.61. The van der Waals surface area contributed by atoms with E-state index in [1.807, 2.05) is 54.0 Å². The molecule has 4 aromatic rings. The molecule has 8 nitrogen and oxygen atoms in total. The van der Waals surface area contributed by atoms with E-state index in [0.29, 0.717) is 24.1 Å². The van der Waals surface area contributed by atoms with Gasteiger partial charge in [-0.15, -0.1) is 16.8 Å².